The summed E-state index contributed by atoms with van der Waals surface area (Å²) in [6, 6.07) is 0. The fourth-order valence-electron chi connectivity index (χ4n) is 1.86. The second kappa shape index (κ2) is 9.48. The minimum Gasteiger partial charge on any atom is -0.382 e. The predicted molar refractivity (Wildman–Crippen MR) is 88.4 cm³/mol. The molecule has 7 heteroatoms. The maximum atomic E-state index is 13.3. The van der Waals surface area contributed by atoms with Gasteiger partial charge in [-0.3, -0.25) is 4.57 Å². The molecule has 23 heavy (non-hydrogen) atoms. The van der Waals surface area contributed by atoms with E-state index < -0.39 is 19.4 Å². The summed E-state index contributed by atoms with van der Waals surface area (Å²) >= 11 is 0. The van der Waals surface area contributed by atoms with E-state index in [0.29, 0.717) is 18.4 Å². The highest BCUT2D eigenvalue weighted by Gasteiger charge is 2.54. The SMILES string of the molecule is CC(C)=CCC/C(C)=C/CC/C(C)=C/C(O)C(F)(F)P(=O)(O)O. The second-order valence-electron chi connectivity index (χ2n) is 6.00. The van der Waals surface area contributed by atoms with Crippen LogP contribution in [0.15, 0.2) is 34.9 Å². The van der Waals surface area contributed by atoms with Crippen molar-refractivity contribution in [2.24, 2.45) is 0 Å². The van der Waals surface area contributed by atoms with Crippen molar-refractivity contribution in [1.29, 1.82) is 0 Å². The van der Waals surface area contributed by atoms with Gasteiger partial charge in [-0.1, -0.05) is 34.9 Å². The molecule has 0 aliphatic rings. The molecule has 0 bridgehead atoms. The van der Waals surface area contributed by atoms with Gasteiger partial charge in [0.15, 0.2) is 0 Å². The minimum atomic E-state index is -5.69. The highest BCUT2D eigenvalue weighted by atomic mass is 31.2. The first-order valence-corrected chi connectivity index (χ1v) is 9.07. The number of halogens is 2. The molecule has 0 aromatic carbocycles. The van der Waals surface area contributed by atoms with E-state index in [2.05, 4.69) is 6.08 Å². The van der Waals surface area contributed by atoms with Gasteiger partial charge >= 0.3 is 13.3 Å². The molecule has 0 saturated carbocycles. The molecule has 0 radical (unpaired) electrons. The quantitative estimate of drug-likeness (QED) is 0.421. The van der Waals surface area contributed by atoms with Gasteiger partial charge in [0.1, 0.15) is 6.10 Å². The van der Waals surface area contributed by atoms with Gasteiger partial charge < -0.3 is 14.9 Å². The molecule has 0 rings (SSSR count). The maximum absolute atomic E-state index is 13.3. The van der Waals surface area contributed by atoms with Crippen LogP contribution in [0, 0.1) is 0 Å². The minimum absolute atomic E-state index is 0.439. The van der Waals surface area contributed by atoms with Crippen molar-refractivity contribution >= 4 is 7.60 Å². The summed E-state index contributed by atoms with van der Waals surface area (Å²) < 4.78 is 37.2. The van der Waals surface area contributed by atoms with Crippen molar-refractivity contribution in [3.63, 3.8) is 0 Å². The van der Waals surface area contributed by atoms with E-state index in [1.165, 1.54) is 11.1 Å². The first-order chi connectivity index (χ1) is 10.4. The van der Waals surface area contributed by atoms with E-state index in [9.17, 15) is 18.5 Å². The smallest absolute Gasteiger partial charge is 0.382 e. The lowest BCUT2D eigenvalue weighted by molar-refractivity contribution is -0.0353. The zero-order chi connectivity index (χ0) is 18.3. The molecular weight excluding hydrogens is 325 g/mol. The summed E-state index contributed by atoms with van der Waals surface area (Å²) in [6.45, 7) is 7.61. The summed E-state index contributed by atoms with van der Waals surface area (Å²) in [4.78, 5) is 17.1. The Morgan fingerprint density at radius 1 is 1.04 bits per heavy atom. The molecule has 0 fully saturated rings. The number of rotatable bonds is 9. The van der Waals surface area contributed by atoms with E-state index in [1.54, 1.807) is 6.92 Å². The molecule has 1 atom stereocenters. The standard InChI is InChI=1S/C16H27F2O4P/c1-12(2)7-5-8-13(3)9-6-10-14(4)11-15(19)16(17,18)23(20,21)22/h7,9,11,15,19H,5-6,8,10H2,1-4H3,(H2,20,21,22)/b13-9+,14-11+. The van der Waals surface area contributed by atoms with Gasteiger partial charge in [0.05, 0.1) is 0 Å². The maximum Gasteiger partial charge on any atom is 0.397 e. The average Bonchev–Trinajstić information content (AvgIpc) is 2.36. The molecule has 1 unspecified atom stereocenters. The first kappa shape index (κ1) is 22.2. The Morgan fingerprint density at radius 2 is 1.52 bits per heavy atom. The molecular formula is C16H27F2O4P. The number of allylic oxidation sites excluding steroid dienone is 5. The number of hydrogen-bond acceptors (Lipinski definition) is 2. The van der Waals surface area contributed by atoms with Gasteiger partial charge in [-0.2, -0.15) is 8.78 Å². The summed E-state index contributed by atoms with van der Waals surface area (Å²) in [6.07, 6.45) is 5.40. The van der Waals surface area contributed by atoms with Crippen LogP contribution in [0.25, 0.3) is 0 Å². The summed E-state index contributed by atoms with van der Waals surface area (Å²) in [7, 11) is -5.69. The Bertz CT molecular complexity index is 514. The summed E-state index contributed by atoms with van der Waals surface area (Å²) in [5.41, 5.74) is -1.56. The van der Waals surface area contributed by atoms with Crippen molar-refractivity contribution in [2.75, 3.05) is 0 Å². The molecule has 0 spiro atoms. The third-order valence-corrected chi connectivity index (χ3v) is 4.35. The largest absolute Gasteiger partial charge is 0.397 e. The third kappa shape index (κ3) is 8.56. The zero-order valence-electron chi connectivity index (χ0n) is 14.1. The molecule has 0 amide bonds. The number of alkyl halides is 2. The Kier molecular flexibility index (Phi) is 9.14. The van der Waals surface area contributed by atoms with E-state index in [0.717, 1.165) is 18.9 Å². The van der Waals surface area contributed by atoms with Crippen LogP contribution in [-0.2, 0) is 4.57 Å². The van der Waals surface area contributed by atoms with Gasteiger partial charge in [0, 0.05) is 0 Å². The van der Waals surface area contributed by atoms with Crippen LogP contribution < -0.4 is 0 Å². The predicted octanol–water partition coefficient (Wildman–Crippen LogP) is 4.54. The Morgan fingerprint density at radius 3 is 2.00 bits per heavy atom. The molecule has 0 aromatic heterocycles. The monoisotopic (exact) mass is 352 g/mol. The Balaban J connectivity index is 4.52. The van der Waals surface area contributed by atoms with Crippen molar-refractivity contribution in [3.8, 4) is 0 Å². The van der Waals surface area contributed by atoms with Crippen molar-refractivity contribution in [1.82, 2.24) is 0 Å². The number of hydrogen-bond donors (Lipinski definition) is 3. The normalized spacial score (nSPS) is 15.5. The molecule has 3 N–H and O–H groups in total. The zero-order valence-corrected chi connectivity index (χ0v) is 15.0. The Labute approximate surface area is 136 Å². The average molecular weight is 352 g/mol. The van der Waals surface area contributed by atoms with E-state index in [-0.39, 0.29) is 0 Å². The van der Waals surface area contributed by atoms with Crippen molar-refractivity contribution in [2.45, 2.75) is 65.1 Å². The molecule has 0 aliphatic carbocycles. The van der Waals surface area contributed by atoms with E-state index >= 15 is 0 Å². The third-order valence-electron chi connectivity index (χ3n) is 3.31. The second-order valence-corrected chi connectivity index (χ2v) is 7.68. The van der Waals surface area contributed by atoms with Gasteiger partial charge in [-0.15, -0.1) is 0 Å². The highest BCUT2D eigenvalue weighted by molar-refractivity contribution is 7.53. The van der Waals surface area contributed by atoms with E-state index in [1.807, 2.05) is 26.8 Å². The van der Waals surface area contributed by atoms with Crippen LogP contribution in [0.2, 0.25) is 0 Å². The van der Waals surface area contributed by atoms with Crippen LogP contribution in [-0.4, -0.2) is 26.7 Å². The molecule has 0 saturated heterocycles. The molecule has 4 nitrogen and oxygen atoms in total. The molecule has 134 valence electrons. The molecule has 0 aliphatic heterocycles. The van der Waals surface area contributed by atoms with Crippen LogP contribution in [0.1, 0.15) is 53.4 Å². The topological polar surface area (TPSA) is 77.8 Å². The van der Waals surface area contributed by atoms with Crippen LogP contribution >= 0.6 is 7.60 Å². The molecule has 0 heterocycles. The van der Waals surface area contributed by atoms with Crippen LogP contribution in [0.4, 0.5) is 8.78 Å². The summed E-state index contributed by atoms with van der Waals surface area (Å²) in [5.74, 6) is 0. The fourth-order valence-corrected chi connectivity index (χ4v) is 2.28. The lowest BCUT2D eigenvalue weighted by atomic mass is 10.1. The summed E-state index contributed by atoms with van der Waals surface area (Å²) in [5, 5.41) is 9.32. The molecule has 0 aromatic rings. The van der Waals surface area contributed by atoms with Gasteiger partial charge in [-0.05, 0) is 53.4 Å². The first-order valence-electron chi connectivity index (χ1n) is 7.45. The fraction of sp³-hybridized carbons (Fsp3) is 0.625. The van der Waals surface area contributed by atoms with Crippen molar-refractivity contribution in [3.05, 3.63) is 34.9 Å². The van der Waals surface area contributed by atoms with Gasteiger partial charge in [0.25, 0.3) is 0 Å². The Hall–Kier alpha value is -0.810. The van der Waals surface area contributed by atoms with Gasteiger partial charge in [0.2, 0.25) is 0 Å². The lowest BCUT2D eigenvalue weighted by Crippen LogP contribution is -2.31. The van der Waals surface area contributed by atoms with Crippen molar-refractivity contribution < 1.29 is 28.2 Å². The number of aliphatic hydroxyl groups is 1. The lowest BCUT2D eigenvalue weighted by Gasteiger charge is -2.21. The highest BCUT2D eigenvalue weighted by Crippen LogP contribution is 2.55. The van der Waals surface area contributed by atoms with Gasteiger partial charge in [-0.25, -0.2) is 0 Å². The van der Waals surface area contributed by atoms with E-state index in [4.69, 9.17) is 9.79 Å². The van der Waals surface area contributed by atoms with Crippen LogP contribution in [0.3, 0.4) is 0 Å². The van der Waals surface area contributed by atoms with Crippen LogP contribution in [0.5, 0.6) is 0 Å². The number of aliphatic hydroxyl groups excluding tert-OH is 1.